The second kappa shape index (κ2) is 8.33. The normalized spacial score (nSPS) is 14.1. The lowest BCUT2D eigenvalue weighted by Crippen LogP contribution is -2.28. The van der Waals surface area contributed by atoms with Crippen molar-refractivity contribution in [1.82, 2.24) is 4.98 Å². The third kappa shape index (κ3) is 3.87. The van der Waals surface area contributed by atoms with Gasteiger partial charge in [0.05, 0.1) is 24.7 Å². The van der Waals surface area contributed by atoms with Crippen molar-refractivity contribution in [3.63, 3.8) is 0 Å². The summed E-state index contributed by atoms with van der Waals surface area (Å²) in [5, 5.41) is 3.28. The van der Waals surface area contributed by atoms with Crippen LogP contribution in [0.3, 0.4) is 0 Å². The molecule has 0 amide bonds. The van der Waals surface area contributed by atoms with Crippen LogP contribution in [-0.2, 0) is 0 Å². The van der Waals surface area contributed by atoms with Gasteiger partial charge in [0.25, 0.3) is 0 Å². The molecule has 5 heteroatoms. The zero-order valence-corrected chi connectivity index (χ0v) is 16.8. The number of methoxy groups -OCH3 is 1. The Balaban J connectivity index is 1.97. The summed E-state index contributed by atoms with van der Waals surface area (Å²) in [6.45, 7) is 6.16. The lowest BCUT2D eigenvalue weighted by Gasteiger charge is -2.30. The molecule has 0 radical (unpaired) electrons. The molecule has 1 heterocycles. The maximum absolute atomic E-state index is 5.33. The molecule has 1 aliphatic carbocycles. The number of nitrogens with zero attached hydrogens (tertiary/aromatic N) is 3. The third-order valence-corrected chi connectivity index (χ3v) is 5.44. The Labute approximate surface area is 162 Å². The fourth-order valence-electron chi connectivity index (χ4n) is 3.91. The minimum atomic E-state index is 0.512. The lowest BCUT2D eigenvalue weighted by atomic mass is 10.1. The highest BCUT2D eigenvalue weighted by molar-refractivity contribution is 5.76. The molecule has 1 aromatic heterocycles. The first-order valence-corrected chi connectivity index (χ1v) is 9.56. The van der Waals surface area contributed by atoms with Gasteiger partial charge in [-0.1, -0.05) is 19.4 Å². The number of rotatable bonds is 7. The van der Waals surface area contributed by atoms with Crippen molar-refractivity contribution < 1.29 is 4.74 Å². The van der Waals surface area contributed by atoms with Crippen LogP contribution in [0, 0.1) is 6.92 Å². The zero-order valence-electron chi connectivity index (χ0n) is 16.8. The quantitative estimate of drug-likeness (QED) is 0.738. The Morgan fingerprint density at radius 1 is 1.22 bits per heavy atom. The number of hydrogen-bond acceptors (Lipinski definition) is 5. The van der Waals surface area contributed by atoms with Crippen LogP contribution in [0.4, 0.5) is 22.9 Å². The first kappa shape index (κ1) is 19.1. The molecule has 5 nitrogen and oxygen atoms in total. The average Bonchev–Trinajstić information content (AvgIpc) is 3.22. The maximum atomic E-state index is 5.33. The van der Waals surface area contributed by atoms with Crippen LogP contribution in [-0.4, -0.2) is 32.2 Å². The molecule has 0 aliphatic heterocycles. The molecule has 2 aromatic rings. The fraction of sp³-hybridized carbons (Fsp3) is 0.409. The van der Waals surface area contributed by atoms with Crippen LogP contribution >= 0.6 is 0 Å². The standard InChI is InChI=1S/C22H30N4O/c1-6-26(17-9-7-8-10-17)21-14-22(24-15-19(21)23-3)25(4)20-12-11-18(27-5)13-16(20)2/h6,11-15,17,23H,1,7-10H2,2-5H3. The highest BCUT2D eigenvalue weighted by atomic mass is 16.5. The van der Waals surface area contributed by atoms with E-state index in [-0.39, 0.29) is 0 Å². The van der Waals surface area contributed by atoms with Crippen LogP contribution in [0.1, 0.15) is 31.2 Å². The lowest BCUT2D eigenvalue weighted by molar-refractivity contribution is 0.414. The summed E-state index contributed by atoms with van der Waals surface area (Å²) in [5.74, 6) is 1.77. The van der Waals surface area contributed by atoms with Gasteiger partial charge in [0.1, 0.15) is 11.6 Å². The van der Waals surface area contributed by atoms with Crippen molar-refractivity contribution in [2.24, 2.45) is 0 Å². The molecule has 1 N–H and O–H groups in total. The molecule has 3 rings (SSSR count). The number of anilines is 4. The summed E-state index contributed by atoms with van der Waals surface area (Å²) in [4.78, 5) is 9.11. The smallest absolute Gasteiger partial charge is 0.134 e. The van der Waals surface area contributed by atoms with E-state index >= 15 is 0 Å². The van der Waals surface area contributed by atoms with Gasteiger partial charge in [0.2, 0.25) is 0 Å². The van der Waals surface area contributed by atoms with Crippen LogP contribution < -0.4 is 19.9 Å². The van der Waals surface area contributed by atoms with Gasteiger partial charge in [-0.3, -0.25) is 0 Å². The third-order valence-electron chi connectivity index (χ3n) is 5.44. The summed E-state index contributed by atoms with van der Waals surface area (Å²) < 4.78 is 5.33. The molecule has 0 bridgehead atoms. The first-order chi connectivity index (χ1) is 13.1. The number of pyridine rings is 1. The number of hydrogen-bond donors (Lipinski definition) is 1. The Morgan fingerprint density at radius 2 is 1.96 bits per heavy atom. The Morgan fingerprint density at radius 3 is 2.56 bits per heavy atom. The summed E-state index contributed by atoms with van der Waals surface area (Å²) in [6, 6.07) is 8.76. The van der Waals surface area contributed by atoms with Gasteiger partial charge in [-0.2, -0.15) is 0 Å². The minimum absolute atomic E-state index is 0.512. The second-order valence-corrected chi connectivity index (χ2v) is 7.05. The maximum Gasteiger partial charge on any atom is 0.134 e. The van der Waals surface area contributed by atoms with Gasteiger partial charge in [0, 0.05) is 31.9 Å². The average molecular weight is 367 g/mol. The van der Waals surface area contributed by atoms with Crippen molar-refractivity contribution >= 4 is 22.9 Å². The van der Waals surface area contributed by atoms with Gasteiger partial charge < -0.3 is 19.9 Å². The Bertz CT molecular complexity index is 799. The van der Waals surface area contributed by atoms with Crippen LogP contribution in [0.15, 0.2) is 43.2 Å². The SMILES string of the molecule is C=CN(c1cc(N(C)c2ccc(OC)cc2C)ncc1NC)C1CCCC1. The van der Waals surface area contributed by atoms with Gasteiger partial charge in [-0.05, 0) is 49.7 Å². The fourth-order valence-corrected chi connectivity index (χ4v) is 3.91. The molecular weight excluding hydrogens is 336 g/mol. The highest BCUT2D eigenvalue weighted by Crippen LogP contribution is 2.36. The van der Waals surface area contributed by atoms with E-state index < -0.39 is 0 Å². The molecule has 0 atom stereocenters. The van der Waals surface area contributed by atoms with Crippen molar-refractivity contribution in [2.45, 2.75) is 38.6 Å². The number of aromatic nitrogens is 1. The monoisotopic (exact) mass is 366 g/mol. The number of aryl methyl sites for hydroxylation is 1. The van der Waals surface area contributed by atoms with Gasteiger partial charge in [0.15, 0.2) is 0 Å². The van der Waals surface area contributed by atoms with Crippen LogP contribution in [0.2, 0.25) is 0 Å². The molecule has 0 unspecified atom stereocenters. The van der Waals surface area contributed by atoms with E-state index in [1.165, 1.54) is 25.7 Å². The van der Waals surface area contributed by atoms with Crippen LogP contribution in [0.25, 0.3) is 0 Å². The molecule has 1 saturated carbocycles. The first-order valence-electron chi connectivity index (χ1n) is 9.56. The largest absolute Gasteiger partial charge is 0.497 e. The number of ether oxygens (including phenoxy) is 1. The predicted octanol–water partition coefficient (Wildman–Crippen LogP) is 5.10. The van der Waals surface area contributed by atoms with Gasteiger partial charge >= 0.3 is 0 Å². The van der Waals surface area contributed by atoms with Gasteiger partial charge in [-0.15, -0.1) is 0 Å². The Kier molecular flexibility index (Phi) is 5.89. The zero-order chi connectivity index (χ0) is 19.4. The van der Waals surface area contributed by atoms with Crippen molar-refractivity contribution in [3.8, 4) is 5.75 Å². The number of benzene rings is 1. The van der Waals surface area contributed by atoms with E-state index in [0.29, 0.717) is 6.04 Å². The van der Waals surface area contributed by atoms with Crippen molar-refractivity contribution in [3.05, 3.63) is 48.8 Å². The topological polar surface area (TPSA) is 40.6 Å². The van der Waals surface area contributed by atoms with E-state index in [1.807, 2.05) is 38.6 Å². The molecular formula is C22H30N4O. The predicted molar refractivity (Wildman–Crippen MR) is 115 cm³/mol. The molecule has 1 aromatic carbocycles. The molecule has 27 heavy (non-hydrogen) atoms. The van der Waals surface area contributed by atoms with Crippen molar-refractivity contribution in [2.75, 3.05) is 36.3 Å². The Hall–Kier alpha value is -2.69. The summed E-state index contributed by atoms with van der Waals surface area (Å²) in [7, 11) is 5.68. The van der Waals surface area contributed by atoms with Gasteiger partial charge in [-0.25, -0.2) is 4.98 Å². The molecule has 0 saturated heterocycles. The molecule has 1 aliphatic rings. The number of nitrogens with one attached hydrogen (secondary N) is 1. The minimum Gasteiger partial charge on any atom is -0.497 e. The van der Waals surface area contributed by atoms with Crippen LogP contribution in [0.5, 0.6) is 5.75 Å². The van der Waals surface area contributed by atoms with E-state index in [0.717, 1.165) is 34.2 Å². The molecule has 144 valence electrons. The van der Waals surface area contributed by atoms with E-state index in [2.05, 4.69) is 45.7 Å². The highest BCUT2D eigenvalue weighted by Gasteiger charge is 2.24. The summed E-state index contributed by atoms with van der Waals surface area (Å²) >= 11 is 0. The van der Waals surface area contributed by atoms with E-state index in [1.54, 1.807) is 7.11 Å². The summed E-state index contributed by atoms with van der Waals surface area (Å²) in [6.07, 6.45) is 8.85. The second-order valence-electron chi connectivity index (χ2n) is 7.05. The van der Waals surface area contributed by atoms with Crippen molar-refractivity contribution in [1.29, 1.82) is 0 Å². The van der Waals surface area contributed by atoms with E-state index in [4.69, 9.17) is 4.74 Å². The summed E-state index contributed by atoms with van der Waals surface area (Å²) in [5.41, 5.74) is 4.40. The molecule has 0 spiro atoms. The molecule has 1 fully saturated rings. The van der Waals surface area contributed by atoms with E-state index in [9.17, 15) is 0 Å².